The first-order chi connectivity index (χ1) is 11.2. The zero-order valence-electron chi connectivity index (χ0n) is 13.6. The summed E-state index contributed by atoms with van der Waals surface area (Å²) in [6, 6.07) is 12.1. The summed E-state index contributed by atoms with van der Waals surface area (Å²) in [5.74, 6) is -0.926. The van der Waals surface area contributed by atoms with E-state index in [2.05, 4.69) is 0 Å². The summed E-state index contributed by atoms with van der Waals surface area (Å²) in [6.07, 6.45) is 0. The van der Waals surface area contributed by atoms with Crippen LogP contribution in [0.1, 0.15) is 26.3 Å². The van der Waals surface area contributed by atoms with Gasteiger partial charge >= 0.3 is 0 Å². The van der Waals surface area contributed by atoms with Gasteiger partial charge in [-0.1, -0.05) is 18.2 Å². The third-order valence-corrected chi connectivity index (χ3v) is 4.78. The molecule has 1 N–H and O–H groups in total. The van der Waals surface area contributed by atoms with Crippen molar-refractivity contribution in [1.82, 2.24) is 9.62 Å². The van der Waals surface area contributed by atoms with Gasteiger partial charge in [0, 0.05) is 25.2 Å². The van der Waals surface area contributed by atoms with Crippen LogP contribution in [-0.2, 0) is 10.0 Å². The highest BCUT2D eigenvalue weighted by molar-refractivity contribution is 7.90. The molecule has 0 aliphatic carbocycles. The van der Waals surface area contributed by atoms with E-state index in [1.807, 2.05) is 4.72 Å². The highest BCUT2D eigenvalue weighted by atomic mass is 32.2. The van der Waals surface area contributed by atoms with E-state index in [0.29, 0.717) is 16.7 Å². The third-order valence-electron chi connectivity index (χ3n) is 3.43. The van der Waals surface area contributed by atoms with E-state index in [9.17, 15) is 18.0 Å². The van der Waals surface area contributed by atoms with Crippen LogP contribution in [0.5, 0.6) is 0 Å². The Kier molecular flexibility index (Phi) is 5.04. The minimum absolute atomic E-state index is 0.0836. The van der Waals surface area contributed by atoms with Crippen LogP contribution in [0, 0.1) is 6.92 Å². The Morgan fingerprint density at radius 2 is 1.54 bits per heavy atom. The van der Waals surface area contributed by atoms with Crippen LogP contribution in [0.25, 0.3) is 0 Å². The summed E-state index contributed by atoms with van der Waals surface area (Å²) in [7, 11) is -0.798. The second-order valence-corrected chi connectivity index (χ2v) is 7.16. The lowest BCUT2D eigenvalue weighted by Crippen LogP contribution is -2.31. The third kappa shape index (κ3) is 3.80. The first kappa shape index (κ1) is 17.7. The topological polar surface area (TPSA) is 83.5 Å². The maximum absolute atomic E-state index is 12.3. The summed E-state index contributed by atoms with van der Waals surface area (Å²) in [4.78, 5) is 25.3. The molecule has 0 saturated carbocycles. The van der Waals surface area contributed by atoms with Crippen LogP contribution < -0.4 is 4.72 Å². The summed E-state index contributed by atoms with van der Waals surface area (Å²) >= 11 is 0. The molecule has 0 spiro atoms. The fraction of sp³-hybridized carbons (Fsp3) is 0.176. The van der Waals surface area contributed by atoms with Gasteiger partial charge in [0.1, 0.15) is 0 Å². The second-order valence-electron chi connectivity index (χ2n) is 5.47. The predicted molar refractivity (Wildman–Crippen MR) is 90.3 cm³/mol. The molecule has 0 atom stereocenters. The van der Waals surface area contributed by atoms with Gasteiger partial charge < -0.3 is 4.90 Å². The summed E-state index contributed by atoms with van der Waals surface area (Å²) < 4.78 is 26.7. The van der Waals surface area contributed by atoms with Gasteiger partial charge in [-0.05, 0) is 42.8 Å². The van der Waals surface area contributed by atoms with Crippen LogP contribution in [0.15, 0.2) is 53.4 Å². The minimum atomic E-state index is -4.01. The normalized spacial score (nSPS) is 11.0. The number of sulfonamides is 1. The number of hydrogen-bond acceptors (Lipinski definition) is 4. The fourth-order valence-corrected chi connectivity index (χ4v) is 3.06. The van der Waals surface area contributed by atoms with E-state index in [4.69, 9.17) is 0 Å². The molecule has 0 heterocycles. The van der Waals surface area contributed by atoms with Gasteiger partial charge in [0.2, 0.25) is 0 Å². The van der Waals surface area contributed by atoms with Crippen molar-refractivity contribution in [3.05, 3.63) is 65.2 Å². The van der Waals surface area contributed by atoms with E-state index in [0.717, 1.165) is 0 Å². The zero-order chi connectivity index (χ0) is 17.9. The molecular formula is C17H18N2O4S. The lowest BCUT2D eigenvalue weighted by atomic mass is 10.1. The largest absolute Gasteiger partial charge is 0.345 e. The molecule has 2 aromatic carbocycles. The van der Waals surface area contributed by atoms with Gasteiger partial charge in [-0.2, -0.15) is 0 Å². The van der Waals surface area contributed by atoms with Crippen LogP contribution in [-0.4, -0.2) is 39.2 Å². The van der Waals surface area contributed by atoms with Crippen molar-refractivity contribution in [2.75, 3.05) is 14.1 Å². The van der Waals surface area contributed by atoms with Crippen molar-refractivity contribution < 1.29 is 18.0 Å². The predicted octanol–water partition coefficient (Wildman–Crippen LogP) is 1.82. The molecule has 2 rings (SSSR count). The highest BCUT2D eigenvalue weighted by Crippen LogP contribution is 2.13. The molecule has 2 amide bonds. The van der Waals surface area contributed by atoms with E-state index in [1.54, 1.807) is 45.3 Å². The first-order valence-corrected chi connectivity index (χ1v) is 8.65. The van der Waals surface area contributed by atoms with E-state index >= 15 is 0 Å². The average molecular weight is 346 g/mol. The molecule has 0 aliphatic rings. The van der Waals surface area contributed by atoms with Gasteiger partial charge in [0.25, 0.3) is 21.8 Å². The molecule has 0 aliphatic heterocycles. The molecule has 7 heteroatoms. The Balaban J connectivity index is 2.23. The van der Waals surface area contributed by atoms with Crippen LogP contribution in [0.2, 0.25) is 0 Å². The summed E-state index contributed by atoms with van der Waals surface area (Å²) in [6.45, 7) is 1.73. The molecular weight excluding hydrogens is 328 g/mol. The van der Waals surface area contributed by atoms with Crippen molar-refractivity contribution in [1.29, 1.82) is 0 Å². The van der Waals surface area contributed by atoms with Gasteiger partial charge in [0.05, 0.1) is 4.90 Å². The lowest BCUT2D eigenvalue weighted by Gasteiger charge is -2.11. The van der Waals surface area contributed by atoms with Gasteiger partial charge in [-0.25, -0.2) is 13.1 Å². The fourth-order valence-electron chi connectivity index (χ4n) is 2.10. The first-order valence-electron chi connectivity index (χ1n) is 7.17. The van der Waals surface area contributed by atoms with E-state index in [-0.39, 0.29) is 10.8 Å². The number of hydrogen-bond donors (Lipinski definition) is 1. The maximum Gasteiger partial charge on any atom is 0.265 e. The maximum atomic E-state index is 12.3. The Hall–Kier alpha value is -2.67. The van der Waals surface area contributed by atoms with Gasteiger partial charge in [0.15, 0.2) is 0 Å². The Bertz CT molecular complexity index is 872. The number of amides is 2. The number of aryl methyl sites for hydroxylation is 1. The number of nitrogens with zero attached hydrogens (tertiary/aromatic N) is 1. The molecule has 126 valence electrons. The molecule has 0 radical (unpaired) electrons. The number of nitrogens with one attached hydrogen (secondary N) is 1. The van der Waals surface area contributed by atoms with Gasteiger partial charge in [-0.15, -0.1) is 0 Å². The Morgan fingerprint density at radius 1 is 0.958 bits per heavy atom. The second kappa shape index (κ2) is 6.84. The summed E-state index contributed by atoms with van der Waals surface area (Å²) in [5, 5.41) is 0. The van der Waals surface area contributed by atoms with Crippen molar-refractivity contribution >= 4 is 21.8 Å². The molecule has 0 fully saturated rings. The van der Waals surface area contributed by atoms with Crippen molar-refractivity contribution in [3.8, 4) is 0 Å². The number of carbonyl (C=O) groups excluding carboxylic acids is 2. The molecule has 0 bridgehead atoms. The quantitative estimate of drug-likeness (QED) is 0.915. The average Bonchev–Trinajstić information content (AvgIpc) is 2.54. The Labute approximate surface area is 141 Å². The monoisotopic (exact) mass is 346 g/mol. The molecule has 0 unspecified atom stereocenters. The highest BCUT2D eigenvalue weighted by Gasteiger charge is 2.20. The minimum Gasteiger partial charge on any atom is -0.345 e. The van der Waals surface area contributed by atoms with E-state index < -0.39 is 15.9 Å². The lowest BCUT2D eigenvalue weighted by molar-refractivity contribution is 0.0827. The smallest absolute Gasteiger partial charge is 0.265 e. The van der Waals surface area contributed by atoms with Gasteiger partial charge in [-0.3, -0.25) is 9.59 Å². The number of carbonyl (C=O) groups is 2. The Morgan fingerprint density at radius 3 is 2.08 bits per heavy atom. The van der Waals surface area contributed by atoms with Crippen molar-refractivity contribution in [2.45, 2.75) is 11.8 Å². The van der Waals surface area contributed by atoms with Crippen molar-refractivity contribution in [3.63, 3.8) is 0 Å². The molecule has 0 aromatic heterocycles. The SMILES string of the molecule is Cc1ccccc1C(=O)NS(=O)(=O)c1ccc(C(=O)N(C)C)cc1. The number of rotatable bonds is 4. The van der Waals surface area contributed by atoms with Crippen LogP contribution in [0.3, 0.4) is 0 Å². The van der Waals surface area contributed by atoms with E-state index in [1.165, 1.54) is 29.2 Å². The summed E-state index contributed by atoms with van der Waals surface area (Å²) in [5.41, 5.74) is 1.33. The molecule has 0 saturated heterocycles. The molecule has 6 nitrogen and oxygen atoms in total. The van der Waals surface area contributed by atoms with Crippen LogP contribution in [0.4, 0.5) is 0 Å². The zero-order valence-corrected chi connectivity index (χ0v) is 14.4. The number of benzene rings is 2. The molecule has 2 aromatic rings. The molecule has 24 heavy (non-hydrogen) atoms. The standard InChI is InChI=1S/C17H18N2O4S/c1-12-6-4-5-7-15(12)16(20)18-24(22,23)14-10-8-13(9-11-14)17(21)19(2)3/h4-11H,1-3H3,(H,18,20). The van der Waals surface area contributed by atoms with Crippen LogP contribution >= 0.6 is 0 Å². The van der Waals surface area contributed by atoms with Crippen molar-refractivity contribution in [2.24, 2.45) is 0 Å².